The van der Waals surface area contributed by atoms with Crippen LogP contribution >= 0.6 is 0 Å². The van der Waals surface area contributed by atoms with Gasteiger partial charge in [0.25, 0.3) is 5.91 Å². The van der Waals surface area contributed by atoms with Gasteiger partial charge < -0.3 is 14.7 Å². The molecule has 0 spiro atoms. The number of aliphatic hydroxyl groups is 1. The average molecular weight is 215 g/mol. The number of ether oxygens (including phenoxy) is 1. The number of likely N-dealkylation sites (N-methyl/N-ethyl adjacent to an activating group) is 1. The monoisotopic (exact) mass is 215 g/mol. The summed E-state index contributed by atoms with van der Waals surface area (Å²) < 4.78 is 5.48. The van der Waals surface area contributed by atoms with Gasteiger partial charge in [0.2, 0.25) is 0 Å². The minimum Gasteiger partial charge on any atom is -0.400 e. The van der Waals surface area contributed by atoms with Gasteiger partial charge in [-0.25, -0.2) is 0 Å². The second-order valence-electron chi connectivity index (χ2n) is 3.52. The average Bonchev–Trinajstić information content (AvgIpc) is 2.31. The van der Waals surface area contributed by atoms with E-state index in [-0.39, 0.29) is 12.1 Å². The molecule has 0 bridgehead atoms. The predicted molar refractivity (Wildman–Crippen MR) is 59.3 cm³/mol. The maximum atomic E-state index is 11.5. The van der Waals surface area contributed by atoms with Crippen LogP contribution in [0.1, 0.15) is 26.2 Å². The van der Waals surface area contributed by atoms with Crippen molar-refractivity contribution in [2.75, 3.05) is 20.8 Å². The van der Waals surface area contributed by atoms with Crippen LogP contribution in [-0.2, 0) is 9.53 Å². The molecule has 1 fully saturated rings. The molecule has 4 heteroatoms. The topological polar surface area (TPSA) is 49.8 Å². The summed E-state index contributed by atoms with van der Waals surface area (Å²) in [4.78, 5) is 13.1. The van der Waals surface area contributed by atoms with Gasteiger partial charge in [0, 0.05) is 26.3 Å². The quantitative estimate of drug-likeness (QED) is 0.703. The van der Waals surface area contributed by atoms with Gasteiger partial charge in [-0.2, -0.15) is 0 Å². The summed E-state index contributed by atoms with van der Waals surface area (Å²) in [6.07, 6.45) is 3.14. The Bertz CT molecular complexity index is 210. The molecule has 1 aliphatic heterocycles. The van der Waals surface area contributed by atoms with Gasteiger partial charge in [0.15, 0.2) is 0 Å². The first-order chi connectivity index (χ1) is 7.13. The maximum Gasteiger partial charge on any atom is 0.250 e. The van der Waals surface area contributed by atoms with Crippen molar-refractivity contribution in [3.05, 3.63) is 12.2 Å². The lowest BCUT2D eigenvalue weighted by atomic mass is 10.1. The fraction of sp³-hybridized carbons (Fsp3) is 0.727. The largest absolute Gasteiger partial charge is 0.400 e. The molecule has 1 unspecified atom stereocenters. The zero-order valence-electron chi connectivity index (χ0n) is 9.82. The van der Waals surface area contributed by atoms with Gasteiger partial charge in [-0.1, -0.05) is 6.58 Å². The van der Waals surface area contributed by atoms with Crippen molar-refractivity contribution >= 4 is 5.91 Å². The van der Waals surface area contributed by atoms with E-state index in [0.29, 0.717) is 5.57 Å². The van der Waals surface area contributed by atoms with E-state index in [1.165, 1.54) is 0 Å². The van der Waals surface area contributed by atoms with E-state index >= 15 is 0 Å². The van der Waals surface area contributed by atoms with Crippen LogP contribution in [0.4, 0.5) is 0 Å². The second-order valence-corrected chi connectivity index (χ2v) is 3.52. The fourth-order valence-corrected chi connectivity index (χ4v) is 1.46. The molecule has 15 heavy (non-hydrogen) atoms. The van der Waals surface area contributed by atoms with Crippen LogP contribution in [0.3, 0.4) is 0 Å². The molecule has 0 aromatic heterocycles. The Morgan fingerprint density at radius 2 is 2.07 bits per heavy atom. The Morgan fingerprint density at radius 1 is 1.47 bits per heavy atom. The normalized spacial score (nSPS) is 19.9. The number of hydrogen-bond donors (Lipinski definition) is 1. The van der Waals surface area contributed by atoms with Crippen LogP contribution in [0.25, 0.3) is 0 Å². The van der Waals surface area contributed by atoms with E-state index in [0.717, 1.165) is 33.0 Å². The third-order valence-corrected chi connectivity index (χ3v) is 2.27. The van der Waals surface area contributed by atoms with Crippen LogP contribution in [0.5, 0.6) is 0 Å². The third-order valence-electron chi connectivity index (χ3n) is 2.27. The van der Waals surface area contributed by atoms with Gasteiger partial charge in [-0.15, -0.1) is 0 Å². The standard InChI is InChI=1S/C10H17NO2.CH4O/c1-8(2)10(12)11(3)9-6-4-5-7-13-9;1-2/h9H,1,4-7H2,2-3H3;2H,1H3. The van der Waals surface area contributed by atoms with Gasteiger partial charge in [-0.3, -0.25) is 4.79 Å². The minimum atomic E-state index is -0.0436. The first-order valence-electron chi connectivity index (χ1n) is 5.12. The van der Waals surface area contributed by atoms with Crippen LogP contribution in [0.15, 0.2) is 12.2 Å². The van der Waals surface area contributed by atoms with Crippen molar-refractivity contribution in [1.29, 1.82) is 0 Å². The molecule has 1 rings (SSSR count). The summed E-state index contributed by atoms with van der Waals surface area (Å²) in [5.74, 6) is -0.0214. The highest BCUT2D eigenvalue weighted by Gasteiger charge is 2.22. The van der Waals surface area contributed by atoms with E-state index in [4.69, 9.17) is 9.84 Å². The summed E-state index contributed by atoms with van der Waals surface area (Å²) in [6.45, 7) is 6.11. The van der Waals surface area contributed by atoms with Gasteiger partial charge in [0.05, 0.1) is 0 Å². The molecular formula is C11H21NO3. The lowest BCUT2D eigenvalue weighted by Crippen LogP contribution is -2.40. The van der Waals surface area contributed by atoms with Crippen LogP contribution in [0.2, 0.25) is 0 Å². The van der Waals surface area contributed by atoms with E-state index < -0.39 is 0 Å². The summed E-state index contributed by atoms with van der Waals surface area (Å²) in [6, 6.07) is 0. The molecule has 0 saturated carbocycles. The van der Waals surface area contributed by atoms with E-state index in [2.05, 4.69) is 6.58 Å². The molecule has 1 heterocycles. The third kappa shape index (κ3) is 4.44. The summed E-state index contributed by atoms with van der Waals surface area (Å²) in [7, 11) is 2.77. The second kappa shape index (κ2) is 7.43. The first-order valence-corrected chi connectivity index (χ1v) is 5.12. The highest BCUT2D eigenvalue weighted by Crippen LogP contribution is 2.16. The van der Waals surface area contributed by atoms with Crippen molar-refractivity contribution < 1.29 is 14.6 Å². The van der Waals surface area contributed by atoms with Crippen molar-refractivity contribution in [3.63, 3.8) is 0 Å². The molecule has 1 aliphatic rings. The maximum absolute atomic E-state index is 11.5. The summed E-state index contributed by atoms with van der Waals surface area (Å²) in [5.41, 5.74) is 0.566. The Morgan fingerprint density at radius 3 is 2.47 bits per heavy atom. The van der Waals surface area contributed by atoms with Crippen LogP contribution in [0, 0.1) is 0 Å². The molecule has 88 valence electrons. The zero-order valence-corrected chi connectivity index (χ0v) is 9.82. The van der Waals surface area contributed by atoms with Gasteiger partial charge in [0.1, 0.15) is 6.23 Å². The molecule has 0 aliphatic carbocycles. The van der Waals surface area contributed by atoms with Crippen LogP contribution in [-0.4, -0.2) is 42.9 Å². The first kappa shape index (κ1) is 14.1. The number of hydrogen-bond acceptors (Lipinski definition) is 3. The number of rotatable bonds is 2. The molecule has 0 aromatic carbocycles. The van der Waals surface area contributed by atoms with Crippen molar-refractivity contribution in [2.45, 2.75) is 32.4 Å². The molecule has 1 atom stereocenters. The minimum absolute atomic E-state index is 0.0214. The van der Waals surface area contributed by atoms with Crippen molar-refractivity contribution in [1.82, 2.24) is 4.90 Å². The Hall–Kier alpha value is -0.870. The lowest BCUT2D eigenvalue weighted by Gasteiger charge is -2.31. The number of nitrogens with zero attached hydrogens (tertiary/aromatic N) is 1. The molecule has 0 aromatic rings. The molecule has 4 nitrogen and oxygen atoms in total. The summed E-state index contributed by atoms with van der Waals surface area (Å²) in [5, 5.41) is 7.00. The number of carbonyl (C=O) groups is 1. The lowest BCUT2D eigenvalue weighted by molar-refractivity contribution is -0.143. The SMILES string of the molecule is C=C(C)C(=O)N(C)C1CCCCO1.CO. The van der Waals surface area contributed by atoms with Crippen molar-refractivity contribution in [3.8, 4) is 0 Å². The van der Waals surface area contributed by atoms with Crippen molar-refractivity contribution in [2.24, 2.45) is 0 Å². The van der Waals surface area contributed by atoms with E-state index in [9.17, 15) is 4.79 Å². The Balaban J connectivity index is 0.000000921. The predicted octanol–water partition coefficient (Wildman–Crippen LogP) is 1.16. The van der Waals surface area contributed by atoms with E-state index in [1.54, 1.807) is 18.9 Å². The highest BCUT2D eigenvalue weighted by atomic mass is 16.5. The number of carbonyl (C=O) groups excluding carboxylic acids is 1. The molecule has 1 amide bonds. The fourth-order valence-electron chi connectivity index (χ4n) is 1.46. The Kier molecular flexibility index (Phi) is 6.99. The van der Waals surface area contributed by atoms with Crippen LogP contribution < -0.4 is 0 Å². The van der Waals surface area contributed by atoms with Gasteiger partial charge in [-0.05, 0) is 26.2 Å². The number of aliphatic hydroxyl groups excluding tert-OH is 1. The number of amides is 1. The molecule has 1 N–H and O–H groups in total. The highest BCUT2D eigenvalue weighted by molar-refractivity contribution is 5.92. The van der Waals surface area contributed by atoms with E-state index in [1.807, 2.05) is 0 Å². The Labute approximate surface area is 91.5 Å². The van der Waals surface area contributed by atoms with Gasteiger partial charge >= 0.3 is 0 Å². The molecule has 1 saturated heterocycles. The molecule has 0 radical (unpaired) electrons. The zero-order chi connectivity index (χ0) is 11.8. The smallest absolute Gasteiger partial charge is 0.250 e. The summed E-state index contributed by atoms with van der Waals surface area (Å²) >= 11 is 0. The molecular weight excluding hydrogens is 194 g/mol.